The largest absolute Gasteiger partial charge is 0.396 e. The molecule has 1 aliphatic carbocycles. The third-order valence-electron chi connectivity index (χ3n) is 3.56. The number of hydrogen-bond donors (Lipinski definition) is 1. The summed E-state index contributed by atoms with van der Waals surface area (Å²) in [4.78, 5) is 0. The van der Waals surface area contributed by atoms with Gasteiger partial charge in [0.1, 0.15) is 0 Å². The molecule has 0 saturated carbocycles. The molecule has 15 heavy (non-hydrogen) atoms. The van der Waals surface area contributed by atoms with Crippen LogP contribution in [0.2, 0.25) is 5.02 Å². The summed E-state index contributed by atoms with van der Waals surface area (Å²) in [5, 5.41) is 10.1. The van der Waals surface area contributed by atoms with Crippen LogP contribution in [0.25, 0.3) is 0 Å². The minimum absolute atomic E-state index is 0.292. The number of aliphatic hydroxyl groups is 1. The average Bonchev–Trinajstić information content (AvgIpc) is 2.28. The highest BCUT2D eigenvalue weighted by atomic mass is 35.5. The molecule has 1 nitrogen and oxygen atoms in total. The summed E-state index contributed by atoms with van der Waals surface area (Å²) in [6.45, 7) is 2.42. The Bertz CT molecular complexity index is 348. The van der Waals surface area contributed by atoms with Gasteiger partial charge in [0.05, 0.1) is 0 Å². The second-order valence-corrected chi connectivity index (χ2v) is 4.95. The molecule has 0 bridgehead atoms. The van der Waals surface area contributed by atoms with E-state index in [1.807, 2.05) is 12.1 Å². The molecule has 1 aliphatic rings. The molecule has 2 heteroatoms. The normalized spacial score (nSPS) is 22.2. The van der Waals surface area contributed by atoms with Crippen LogP contribution in [0.15, 0.2) is 18.2 Å². The molecular weight excluding hydrogens is 208 g/mol. The van der Waals surface area contributed by atoms with Gasteiger partial charge in [-0.2, -0.15) is 0 Å². The first-order valence-electron chi connectivity index (χ1n) is 5.59. The molecule has 0 spiro atoms. The van der Waals surface area contributed by atoms with Crippen LogP contribution < -0.4 is 0 Å². The summed E-state index contributed by atoms with van der Waals surface area (Å²) in [5.41, 5.74) is 2.69. The molecule has 0 aromatic heterocycles. The first-order chi connectivity index (χ1) is 7.22. The quantitative estimate of drug-likeness (QED) is 0.819. The Balaban J connectivity index is 2.20. The molecule has 0 amide bonds. The third-order valence-corrected chi connectivity index (χ3v) is 3.91. The van der Waals surface area contributed by atoms with E-state index in [0.717, 1.165) is 24.3 Å². The molecule has 82 valence electrons. The number of halogens is 1. The van der Waals surface area contributed by atoms with Crippen LogP contribution in [0.5, 0.6) is 0 Å². The van der Waals surface area contributed by atoms with E-state index in [0.29, 0.717) is 18.4 Å². The maximum atomic E-state index is 9.16. The van der Waals surface area contributed by atoms with Crippen molar-refractivity contribution in [2.45, 2.75) is 26.2 Å². The van der Waals surface area contributed by atoms with Crippen molar-refractivity contribution in [1.29, 1.82) is 0 Å². The van der Waals surface area contributed by atoms with Crippen molar-refractivity contribution < 1.29 is 5.11 Å². The monoisotopic (exact) mass is 224 g/mol. The van der Waals surface area contributed by atoms with Crippen LogP contribution in [0.3, 0.4) is 0 Å². The zero-order chi connectivity index (χ0) is 10.8. The topological polar surface area (TPSA) is 20.2 Å². The first-order valence-corrected chi connectivity index (χ1v) is 5.97. The number of hydrogen-bond acceptors (Lipinski definition) is 1. The van der Waals surface area contributed by atoms with Crippen molar-refractivity contribution in [2.24, 2.45) is 11.8 Å². The van der Waals surface area contributed by atoms with Crippen LogP contribution in [0.1, 0.15) is 24.5 Å². The third kappa shape index (κ3) is 2.19. The van der Waals surface area contributed by atoms with Gasteiger partial charge in [-0.3, -0.25) is 0 Å². The fourth-order valence-electron chi connectivity index (χ4n) is 2.42. The Morgan fingerprint density at radius 2 is 2.33 bits per heavy atom. The zero-order valence-corrected chi connectivity index (χ0v) is 9.80. The molecule has 0 radical (unpaired) electrons. The number of rotatable bonds is 2. The van der Waals surface area contributed by atoms with E-state index in [-0.39, 0.29) is 0 Å². The van der Waals surface area contributed by atoms with Crippen LogP contribution in [-0.2, 0) is 12.8 Å². The Kier molecular flexibility index (Phi) is 3.32. The summed E-state index contributed by atoms with van der Waals surface area (Å²) >= 11 is 6.15. The zero-order valence-electron chi connectivity index (χ0n) is 9.04. The Labute approximate surface area is 96.1 Å². The fourth-order valence-corrected chi connectivity index (χ4v) is 2.71. The van der Waals surface area contributed by atoms with Crippen molar-refractivity contribution >= 4 is 11.6 Å². The predicted octanol–water partition coefficient (Wildman–Crippen LogP) is 3.07. The van der Waals surface area contributed by atoms with Crippen molar-refractivity contribution in [1.82, 2.24) is 0 Å². The highest BCUT2D eigenvalue weighted by molar-refractivity contribution is 6.31. The van der Waals surface area contributed by atoms with Gasteiger partial charge in [0.2, 0.25) is 0 Å². The lowest BCUT2D eigenvalue weighted by molar-refractivity contribution is 0.178. The van der Waals surface area contributed by atoms with E-state index in [1.165, 1.54) is 11.1 Å². The number of aliphatic hydroxyl groups excluding tert-OH is 1. The highest BCUT2D eigenvalue weighted by Gasteiger charge is 2.23. The SMILES string of the molecule is CC(CO)C1CCc2c(Cl)cccc2C1. The van der Waals surface area contributed by atoms with Gasteiger partial charge in [0, 0.05) is 11.6 Å². The van der Waals surface area contributed by atoms with E-state index in [1.54, 1.807) is 0 Å². The van der Waals surface area contributed by atoms with Gasteiger partial charge in [0.25, 0.3) is 0 Å². The Morgan fingerprint density at radius 1 is 1.53 bits per heavy atom. The lowest BCUT2D eigenvalue weighted by Crippen LogP contribution is -2.23. The van der Waals surface area contributed by atoms with Gasteiger partial charge in [-0.1, -0.05) is 30.7 Å². The smallest absolute Gasteiger partial charge is 0.0459 e. The van der Waals surface area contributed by atoms with Crippen LogP contribution in [-0.4, -0.2) is 11.7 Å². The summed E-state index contributed by atoms with van der Waals surface area (Å²) in [6, 6.07) is 6.15. The van der Waals surface area contributed by atoms with Crippen LogP contribution in [0.4, 0.5) is 0 Å². The van der Waals surface area contributed by atoms with Crippen molar-refractivity contribution in [3.63, 3.8) is 0 Å². The lowest BCUT2D eigenvalue weighted by Gasteiger charge is -2.28. The van der Waals surface area contributed by atoms with Crippen LogP contribution >= 0.6 is 11.6 Å². The van der Waals surface area contributed by atoms with Gasteiger partial charge < -0.3 is 5.11 Å². The molecule has 2 unspecified atom stereocenters. The van der Waals surface area contributed by atoms with E-state index in [9.17, 15) is 0 Å². The molecule has 1 N–H and O–H groups in total. The van der Waals surface area contributed by atoms with E-state index < -0.39 is 0 Å². The maximum Gasteiger partial charge on any atom is 0.0459 e. The molecular formula is C13H17ClO. The molecule has 0 aliphatic heterocycles. The van der Waals surface area contributed by atoms with Gasteiger partial charge in [-0.25, -0.2) is 0 Å². The molecule has 2 atom stereocenters. The van der Waals surface area contributed by atoms with Gasteiger partial charge in [0.15, 0.2) is 0 Å². The van der Waals surface area contributed by atoms with E-state index in [2.05, 4.69) is 13.0 Å². The second-order valence-electron chi connectivity index (χ2n) is 4.54. The molecule has 1 aromatic rings. The standard InChI is InChI=1S/C13H17ClO/c1-9(8-15)10-5-6-12-11(7-10)3-2-4-13(12)14/h2-4,9-10,15H,5-8H2,1H3. The predicted molar refractivity (Wildman–Crippen MR) is 63.2 cm³/mol. The molecule has 0 heterocycles. The second kappa shape index (κ2) is 4.54. The average molecular weight is 225 g/mol. The maximum absolute atomic E-state index is 9.16. The minimum atomic E-state index is 0.292. The van der Waals surface area contributed by atoms with E-state index in [4.69, 9.17) is 16.7 Å². The van der Waals surface area contributed by atoms with Crippen molar-refractivity contribution in [2.75, 3.05) is 6.61 Å². The summed E-state index contributed by atoms with van der Waals surface area (Å²) in [7, 11) is 0. The highest BCUT2D eigenvalue weighted by Crippen LogP contribution is 2.33. The molecule has 1 aromatic carbocycles. The summed E-state index contributed by atoms with van der Waals surface area (Å²) in [5.74, 6) is 1.01. The van der Waals surface area contributed by atoms with Crippen molar-refractivity contribution in [3.05, 3.63) is 34.3 Å². The van der Waals surface area contributed by atoms with Crippen LogP contribution in [0, 0.1) is 11.8 Å². The molecule has 0 saturated heterocycles. The number of fused-ring (bicyclic) bond motifs is 1. The lowest BCUT2D eigenvalue weighted by atomic mass is 9.78. The van der Waals surface area contributed by atoms with E-state index >= 15 is 0 Å². The molecule has 0 fully saturated rings. The number of benzene rings is 1. The molecule has 2 rings (SSSR count). The van der Waals surface area contributed by atoms with Gasteiger partial charge in [-0.15, -0.1) is 0 Å². The Hall–Kier alpha value is -0.530. The van der Waals surface area contributed by atoms with Crippen molar-refractivity contribution in [3.8, 4) is 0 Å². The van der Waals surface area contributed by atoms with Gasteiger partial charge >= 0.3 is 0 Å². The summed E-state index contributed by atoms with van der Waals surface area (Å²) < 4.78 is 0. The Morgan fingerprint density at radius 3 is 3.07 bits per heavy atom. The summed E-state index contributed by atoms with van der Waals surface area (Å²) in [6.07, 6.45) is 3.28. The minimum Gasteiger partial charge on any atom is -0.396 e. The fraction of sp³-hybridized carbons (Fsp3) is 0.538. The first kappa shape index (κ1) is 11.0. The van der Waals surface area contributed by atoms with Gasteiger partial charge in [-0.05, 0) is 48.3 Å².